The summed E-state index contributed by atoms with van der Waals surface area (Å²) in [5.74, 6) is 0.859. The fourth-order valence-electron chi connectivity index (χ4n) is 4.27. The van der Waals surface area contributed by atoms with E-state index in [0.29, 0.717) is 19.0 Å². The van der Waals surface area contributed by atoms with E-state index in [1.54, 1.807) is 0 Å². The van der Waals surface area contributed by atoms with Gasteiger partial charge in [-0.1, -0.05) is 13.8 Å². The van der Waals surface area contributed by atoms with Crippen LogP contribution in [-0.4, -0.2) is 78.0 Å². The maximum atomic E-state index is 13.3. The van der Waals surface area contributed by atoms with Crippen LogP contribution in [0.4, 0.5) is 4.79 Å². The Morgan fingerprint density at radius 3 is 2.48 bits per heavy atom. The molecule has 8 heteroatoms. The molecule has 29 heavy (non-hydrogen) atoms. The van der Waals surface area contributed by atoms with Crippen molar-refractivity contribution in [2.24, 2.45) is 11.8 Å². The molecule has 0 bridgehead atoms. The number of piperazine rings is 1. The SMILES string of the molecule is CC(C)CCN1C[C@@H]2C[C@H](NC(=O)NC(C)C)CN2C(=O)[C@@H]1CNC(=O)C1CC1. The number of nitrogens with zero attached hydrogens (tertiary/aromatic N) is 2. The van der Waals surface area contributed by atoms with Gasteiger partial charge in [-0.15, -0.1) is 0 Å². The highest BCUT2D eigenvalue weighted by molar-refractivity contribution is 5.86. The fourth-order valence-corrected chi connectivity index (χ4v) is 4.27. The van der Waals surface area contributed by atoms with Crippen LogP contribution in [0.2, 0.25) is 0 Å². The van der Waals surface area contributed by atoms with Crippen molar-refractivity contribution in [3.63, 3.8) is 0 Å². The first-order valence-corrected chi connectivity index (χ1v) is 11.1. The molecular formula is C21H37N5O3. The topological polar surface area (TPSA) is 93.8 Å². The standard InChI is InChI=1S/C21H37N5O3/c1-13(2)7-8-25-12-17-9-16(24-21(29)23-14(3)4)11-26(17)20(28)18(25)10-22-19(27)15-5-6-15/h13-18H,5-12H2,1-4H3,(H,22,27)(H2,23,24,29)/t16-,17-,18-/m0/s1. The highest BCUT2D eigenvalue weighted by atomic mass is 16.2. The van der Waals surface area contributed by atoms with Crippen LogP contribution in [0.5, 0.6) is 0 Å². The van der Waals surface area contributed by atoms with Crippen LogP contribution >= 0.6 is 0 Å². The van der Waals surface area contributed by atoms with Gasteiger partial charge >= 0.3 is 6.03 Å². The number of amides is 4. The first kappa shape index (κ1) is 21.9. The van der Waals surface area contributed by atoms with Gasteiger partial charge in [0.25, 0.3) is 0 Å². The Morgan fingerprint density at radius 2 is 1.86 bits per heavy atom. The lowest BCUT2D eigenvalue weighted by Gasteiger charge is -2.43. The van der Waals surface area contributed by atoms with Gasteiger partial charge in [0.1, 0.15) is 6.04 Å². The maximum absolute atomic E-state index is 13.3. The van der Waals surface area contributed by atoms with Crippen molar-refractivity contribution in [2.75, 3.05) is 26.2 Å². The number of fused-ring (bicyclic) bond motifs is 1. The van der Waals surface area contributed by atoms with E-state index in [-0.39, 0.29) is 47.9 Å². The monoisotopic (exact) mass is 407 g/mol. The summed E-state index contributed by atoms with van der Waals surface area (Å²) < 4.78 is 0. The molecule has 164 valence electrons. The van der Waals surface area contributed by atoms with Crippen molar-refractivity contribution in [3.05, 3.63) is 0 Å². The van der Waals surface area contributed by atoms with Crippen molar-refractivity contribution in [2.45, 2.75) is 77.5 Å². The molecule has 3 atom stereocenters. The van der Waals surface area contributed by atoms with Gasteiger partial charge in [-0.2, -0.15) is 0 Å². The van der Waals surface area contributed by atoms with Crippen LogP contribution in [0, 0.1) is 11.8 Å². The van der Waals surface area contributed by atoms with Crippen molar-refractivity contribution in [1.82, 2.24) is 25.8 Å². The molecule has 2 saturated heterocycles. The number of hydrogen-bond donors (Lipinski definition) is 3. The summed E-state index contributed by atoms with van der Waals surface area (Å²) in [7, 11) is 0. The van der Waals surface area contributed by atoms with Gasteiger partial charge in [0, 0.05) is 37.6 Å². The number of hydrogen-bond acceptors (Lipinski definition) is 4. The van der Waals surface area contributed by atoms with Gasteiger partial charge < -0.3 is 20.9 Å². The molecule has 0 unspecified atom stereocenters. The van der Waals surface area contributed by atoms with Gasteiger partial charge in [0.15, 0.2) is 0 Å². The summed E-state index contributed by atoms with van der Waals surface area (Å²) in [4.78, 5) is 41.6. The van der Waals surface area contributed by atoms with Crippen LogP contribution in [0.15, 0.2) is 0 Å². The molecule has 4 amide bonds. The average Bonchev–Trinajstić information content (AvgIpc) is 3.39. The Kier molecular flexibility index (Phi) is 7.03. The zero-order chi connectivity index (χ0) is 21.1. The third-order valence-electron chi connectivity index (χ3n) is 6.04. The highest BCUT2D eigenvalue weighted by Crippen LogP contribution is 2.29. The second-order valence-corrected chi connectivity index (χ2v) is 9.56. The molecule has 8 nitrogen and oxygen atoms in total. The highest BCUT2D eigenvalue weighted by Gasteiger charge is 2.45. The normalized spacial score (nSPS) is 27.3. The van der Waals surface area contributed by atoms with Crippen molar-refractivity contribution < 1.29 is 14.4 Å². The van der Waals surface area contributed by atoms with Gasteiger partial charge in [-0.25, -0.2) is 4.79 Å². The quantitative estimate of drug-likeness (QED) is 0.558. The molecule has 1 aliphatic carbocycles. The zero-order valence-corrected chi connectivity index (χ0v) is 18.2. The molecule has 3 rings (SSSR count). The van der Waals surface area contributed by atoms with E-state index >= 15 is 0 Å². The summed E-state index contributed by atoms with van der Waals surface area (Å²) >= 11 is 0. The summed E-state index contributed by atoms with van der Waals surface area (Å²) in [6.07, 6.45) is 3.71. The molecule has 3 N–H and O–H groups in total. The van der Waals surface area contributed by atoms with Crippen LogP contribution < -0.4 is 16.0 Å². The predicted octanol–water partition coefficient (Wildman–Crippen LogP) is 0.920. The molecule has 2 heterocycles. The van der Waals surface area contributed by atoms with Crippen molar-refractivity contribution in [1.29, 1.82) is 0 Å². The van der Waals surface area contributed by atoms with E-state index in [9.17, 15) is 14.4 Å². The lowest BCUT2D eigenvalue weighted by molar-refractivity contribution is -0.144. The smallest absolute Gasteiger partial charge is 0.315 e. The Balaban J connectivity index is 1.62. The van der Waals surface area contributed by atoms with Gasteiger partial charge in [-0.05, 0) is 52.0 Å². The molecule has 2 aliphatic heterocycles. The molecule has 0 aromatic heterocycles. The molecule has 3 fully saturated rings. The van der Waals surface area contributed by atoms with E-state index < -0.39 is 0 Å². The molecule has 0 aromatic rings. The summed E-state index contributed by atoms with van der Waals surface area (Å²) in [6, 6.07) is -0.325. The van der Waals surface area contributed by atoms with Crippen LogP contribution in [0.3, 0.4) is 0 Å². The maximum Gasteiger partial charge on any atom is 0.315 e. The number of nitrogens with one attached hydrogen (secondary N) is 3. The van der Waals surface area contributed by atoms with Gasteiger partial charge in [0.2, 0.25) is 11.8 Å². The Morgan fingerprint density at radius 1 is 1.14 bits per heavy atom. The Labute approximate surface area is 174 Å². The number of urea groups is 1. The summed E-state index contributed by atoms with van der Waals surface area (Å²) in [6.45, 7) is 10.8. The van der Waals surface area contributed by atoms with Crippen molar-refractivity contribution >= 4 is 17.8 Å². The minimum atomic E-state index is -0.309. The minimum Gasteiger partial charge on any atom is -0.354 e. The second-order valence-electron chi connectivity index (χ2n) is 9.56. The Hall–Kier alpha value is -1.83. The first-order valence-electron chi connectivity index (χ1n) is 11.1. The summed E-state index contributed by atoms with van der Waals surface area (Å²) in [5, 5.41) is 8.86. The number of rotatable bonds is 8. The average molecular weight is 408 g/mol. The van der Waals surface area contributed by atoms with Gasteiger partial charge in [0.05, 0.1) is 6.04 Å². The van der Waals surface area contributed by atoms with E-state index in [2.05, 4.69) is 34.7 Å². The lowest BCUT2D eigenvalue weighted by atomic mass is 10.0. The van der Waals surface area contributed by atoms with Gasteiger partial charge in [-0.3, -0.25) is 14.5 Å². The van der Waals surface area contributed by atoms with E-state index in [1.807, 2.05) is 18.7 Å². The molecular weight excluding hydrogens is 370 g/mol. The molecule has 0 spiro atoms. The summed E-state index contributed by atoms with van der Waals surface area (Å²) in [5.41, 5.74) is 0. The lowest BCUT2D eigenvalue weighted by Crippen LogP contribution is -2.62. The predicted molar refractivity (Wildman–Crippen MR) is 111 cm³/mol. The fraction of sp³-hybridized carbons (Fsp3) is 0.857. The minimum absolute atomic E-state index is 0.0329. The molecule has 3 aliphatic rings. The largest absolute Gasteiger partial charge is 0.354 e. The molecule has 0 radical (unpaired) electrons. The number of carbonyl (C=O) groups excluding carboxylic acids is 3. The first-order chi connectivity index (χ1) is 13.7. The Bertz CT molecular complexity index is 619. The van der Waals surface area contributed by atoms with Crippen LogP contribution in [0.1, 0.15) is 53.4 Å². The third kappa shape index (κ3) is 5.84. The molecule has 1 saturated carbocycles. The van der Waals surface area contributed by atoms with E-state index in [0.717, 1.165) is 38.8 Å². The number of carbonyl (C=O) groups is 3. The van der Waals surface area contributed by atoms with Crippen LogP contribution in [0.25, 0.3) is 0 Å². The second kappa shape index (κ2) is 9.32. The molecule has 0 aromatic carbocycles. The van der Waals surface area contributed by atoms with E-state index in [4.69, 9.17) is 0 Å². The van der Waals surface area contributed by atoms with E-state index in [1.165, 1.54) is 0 Å². The van der Waals surface area contributed by atoms with Crippen molar-refractivity contribution in [3.8, 4) is 0 Å². The van der Waals surface area contributed by atoms with Crippen LogP contribution in [-0.2, 0) is 9.59 Å². The third-order valence-corrected chi connectivity index (χ3v) is 6.04. The zero-order valence-electron chi connectivity index (χ0n) is 18.2.